The van der Waals surface area contributed by atoms with Crippen molar-refractivity contribution in [3.8, 4) is 0 Å². The van der Waals surface area contributed by atoms with Crippen LogP contribution in [0.4, 0.5) is 4.39 Å². The highest BCUT2D eigenvalue weighted by Crippen LogP contribution is 2.24. The second kappa shape index (κ2) is 5.15. The van der Waals surface area contributed by atoms with E-state index in [1.165, 1.54) is 6.07 Å². The van der Waals surface area contributed by atoms with E-state index in [0.29, 0.717) is 12.6 Å². The summed E-state index contributed by atoms with van der Waals surface area (Å²) in [6.45, 7) is 5.57. The number of nitrogens with one attached hydrogen (secondary N) is 1. The van der Waals surface area contributed by atoms with Gasteiger partial charge in [-0.3, -0.25) is 0 Å². The number of benzene rings is 1. The van der Waals surface area contributed by atoms with E-state index in [0.717, 1.165) is 25.0 Å². The molecule has 1 saturated heterocycles. The molecule has 0 amide bonds. The molecule has 1 aliphatic heterocycles. The lowest BCUT2D eigenvalue weighted by Crippen LogP contribution is -2.43. The van der Waals surface area contributed by atoms with Crippen molar-refractivity contribution in [1.29, 1.82) is 0 Å². The Morgan fingerprint density at radius 1 is 1.41 bits per heavy atom. The molecular weight excluding hydrogens is 217 g/mol. The normalized spacial score (nSPS) is 23.6. The summed E-state index contributed by atoms with van der Waals surface area (Å²) < 4.78 is 19.1. The topological polar surface area (TPSA) is 21.3 Å². The fourth-order valence-electron chi connectivity index (χ4n) is 2.30. The molecule has 2 nitrogen and oxygen atoms in total. The minimum atomic E-state index is -0.133. The van der Waals surface area contributed by atoms with Crippen molar-refractivity contribution in [2.75, 3.05) is 6.61 Å². The van der Waals surface area contributed by atoms with Crippen LogP contribution in [0.2, 0.25) is 0 Å². The summed E-state index contributed by atoms with van der Waals surface area (Å²) in [4.78, 5) is 0. The molecule has 1 aliphatic rings. The Balaban J connectivity index is 1.88. The van der Waals surface area contributed by atoms with Crippen LogP contribution >= 0.6 is 0 Å². The van der Waals surface area contributed by atoms with Gasteiger partial charge in [-0.2, -0.15) is 0 Å². The van der Waals surface area contributed by atoms with Crippen molar-refractivity contribution in [3.05, 3.63) is 35.6 Å². The molecule has 1 fully saturated rings. The van der Waals surface area contributed by atoms with Crippen molar-refractivity contribution in [1.82, 2.24) is 5.32 Å². The predicted octanol–water partition coefficient (Wildman–Crippen LogP) is 2.87. The maximum Gasteiger partial charge on any atom is 0.127 e. The van der Waals surface area contributed by atoms with Crippen LogP contribution in [0.15, 0.2) is 24.3 Å². The quantitative estimate of drug-likeness (QED) is 0.872. The number of hydrogen-bond acceptors (Lipinski definition) is 2. The van der Waals surface area contributed by atoms with E-state index in [-0.39, 0.29) is 11.4 Å². The Morgan fingerprint density at radius 3 is 2.88 bits per heavy atom. The highest BCUT2D eigenvalue weighted by Gasteiger charge is 2.28. The van der Waals surface area contributed by atoms with Crippen LogP contribution in [-0.2, 0) is 11.3 Å². The van der Waals surface area contributed by atoms with Crippen LogP contribution in [-0.4, -0.2) is 18.2 Å². The van der Waals surface area contributed by atoms with Gasteiger partial charge in [0.05, 0.1) is 5.60 Å². The maximum absolute atomic E-state index is 13.4. The lowest BCUT2D eigenvalue weighted by molar-refractivity contribution is -0.0630. The van der Waals surface area contributed by atoms with Crippen molar-refractivity contribution in [2.24, 2.45) is 0 Å². The molecule has 1 aromatic rings. The summed E-state index contributed by atoms with van der Waals surface area (Å²) in [5, 5.41) is 3.41. The molecule has 2 rings (SSSR count). The first kappa shape index (κ1) is 12.5. The average molecular weight is 237 g/mol. The van der Waals surface area contributed by atoms with Gasteiger partial charge in [0.15, 0.2) is 0 Å². The fraction of sp³-hybridized carbons (Fsp3) is 0.571. The van der Waals surface area contributed by atoms with Crippen LogP contribution in [0, 0.1) is 5.82 Å². The molecule has 0 aliphatic carbocycles. The Morgan fingerprint density at radius 2 is 2.18 bits per heavy atom. The van der Waals surface area contributed by atoms with Crippen LogP contribution in [0.5, 0.6) is 0 Å². The molecule has 1 atom stereocenters. The standard InChI is InChI=1S/C14H20FNO/c1-14(2)9-12(7-8-17-14)16-10-11-5-3-4-6-13(11)15/h3-6,12,16H,7-10H2,1-2H3. The van der Waals surface area contributed by atoms with E-state index in [9.17, 15) is 4.39 Å². The van der Waals surface area contributed by atoms with Crippen molar-refractivity contribution in [3.63, 3.8) is 0 Å². The van der Waals surface area contributed by atoms with Gasteiger partial charge in [0.2, 0.25) is 0 Å². The number of ether oxygens (including phenoxy) is 1. The molecule has 17 heavy (non-hydrogen) atoms. The number of rotatable bonds is 3. The summed E-state index contributed by atoms with van der Waals surface area (Å²) in [5.74, 6) is -0.133. The number of halogens is 1. The molecule has 3 heteroatoms. The summed E-state index contributed by atoms with van der Waals surface area (Å²) in [5.41, 5.74) is 0.669. The third-order valence-electron chi connectivity index (χ3n) is 3.24. The minimum absolute atomic E-state index is 0.0643. The van der Waals surface area contributed by atoms with Crippen molar-refractivity contribution in [2.45, 2.75) is 44.9 Å². The largest absolute Gasteiger partial charge is 0.375 e. The van der Waals surface area contributed by atoms with Gasteiger partial charge in [0.1, 0.15) is 5.82 Å². The first-order valence-electron chi connectivity index (χ1n) is 6.17. The maximum atomic E-state index is 13.4. The lowest BCUT2D eigenvalue weighted by Gasteiger charge is -2.36. The van der Waals surface area contributed by atoms with Crippen molar-refractivity contribution < 1.29 is 9.13 Å². The Bertz CT molecular complexity index is 378. The summed E-state index contributed by atoms with van der Waals surface area (Å²) in [7, 11) is 0. The Kier molecular flexibility index (Phi) is 3.79. The highest BCUT2D eigenvalue weighted by molar-refractivity contribution is 5.17. The van der Waals surface area contributed by atoms with Gasteiger partial charge < -0.3 is 10.1 Å². The van der Waals surface area contributed by atoms with Gasteiger partial charge in [0, 0.05) is 24.8 Å². The molecule has 0 bridgehead atoms. The SMILES string of the molecule is CC1(C)CC(NCc2ccccc2F)CCO1. The monoisotopic (exact) mass is 237 g/mol. The van der Waals surface area contributed by atoms with E-state index in [4.69, 9.17) is 4.74 Å². The van der Waals surface area contributed by atoms with E-state index in [1.54, 1.807) is 6.07 Å². The van der Waals surface area contributed by atoms with Gasteiger partial charge in [-0.1, -0.05) is 18.2 Å². The van der Waals surface area contributed by atoms with Gasteiger partial charge in [0.25, 0.3) is 0 Å². The molecule has 1 aromatic carbocycles. The molecule has 0 radical (unpaired) electrons. The zero-order valence-electron chi connectivity index (χ0n) is 10.5. The van der Waals surface area contributed by atoms with E-state index < -0.39 is 0 Å². The molecule has 1 N–H and O–H groups in total. The lowest BCUT2D eigenvalue weighted by atomic mass is 9.94. The number of hydrogen-bond donors (Lipinski definition) is 1. The second-order valence-electron chi connectivity index (χ2n) is 5.27. The molecule has 1 unspecified atom stereocenters. The molecule has 0 saturated carbocycles. The third-order valence-corrected chi connectivity index (χ3v) is 3.24. The summed E-state index contributed by atoms with van der Waals surface area (Å²) >= 11 is 0. The Hall–Kier alpha value is -0.930. The van der Waals surface area contributed by atoms with E-state index in [2.05, 4.69) is 19.2 Å². The highest BCUT2D eigenvalue weighted by atomic mass is 19.1. The summed E-state index contributed by atoms with van der Waals surface area (Å²) in [6, 6.07) is 7.33. The zero-order chi connectivity index (χ0) is 12.3. The van der Waals surface area contributed by atoms with Crippen molar-refractivity contribution >= 4 is 0 Å². The average Bonchev–Trinajstić information content (AvgIpc) is 2.27. The molecule has 0 spiro atoms. The smallest absolute Gasteiger partial charge is 0.127 e. The minimum Gasteiger partial charge on any atom is -0.375 e. The van der Waals surface area contributed by atoms with Gasteiger partial charge >= 0.3 is 0 Å². The first-order valence-corrected chi connectivity index (χ1v) is 6.17. The van der Waals surface area contributed by atoms with Gasteiger partial charge in [-0.25, -0.2) is 4.39 Å². The van der Waals surface area contributed by atoms with E-state index in [1.807, 2.05) is 12.1 Å². The predicted molar refractivity (Wildman–Crippen MR) is 66.3 cm³/mol. The summed E-state index contributed by atoms with van der Waals surface area (Å²) in [6.07, 6.45) is 1.97. The molecule has 94 valence electrons. The van der Waals surface area contributed by atoms with Gasteiger partial charge in [-0.15, -0.1) is 0 Å². The fourth-order valence-corrected chi connectivity index (χ4v) is 2.30. The zero-order valence-corrected chi connectivity index (χ0v) is 10.5. The van der Waals surface area contributed by atoms with Crippen LogP contribution in [0.1, 0.15) is 32.3 Å². The van der Waals surface area contributed by atoms with Crippen LogP contribution in [0.3, 0.4) is 0 Å². The molecule has 0 aromatic heterocycles. The third kappa shape index (κ3) is 3.51. The second-order valence-corrected chi connectivity index (χ2v) is 5.27. The first-order chi connectivity index (χ1) is 8.07. The van der Waals surface area contributed by atoms with Crippen LogP contribution < -0.4 is 5.32 Å². The van der Waals surface area contributed by atoms with E-state index >= 15 is 0 Å². The molecular formula is C14H20FNO. The van der Waals surface area contributed by atoms with Crippen LogP contribution in [0.25, 0.3) is 0 Å². The molecule has 1 heterocycles. The Labute approximate surface area is 102 Å². The van der Waals surface area contributed by atoms with Gasteiger partial charge in [-0.05, 0) is 32.8 Å².